The number of anilines is 1. The summed E-state index contributed by atoms with van der Waals surface area (Å²) < 4.78 is 1.03. The molecule has 1 saturated heterocycles. The highest BCUT2D eigenvalue weighted by Crippen LogP contribution is 2.25. The Balaban J connectivity index is 2.21. The lowest BCUT2D eigenvalue weighted by Crippen LogP contribution is -2.36. The van der Waals surface area contributed by atoms with E-state index in [1.807, 2.05) is 6.20 Å². The summed E-state index contributed by atoms with van der Waals surface area (Å²) in [5, 5.41) is 0.267. The molecule has 4 heteroatoms. The molecule has 1 aromatic heterocycles. The predicted molar refractivity (Wildman–Crippen MR) is 67.8 cm³/mol. The summed E-state index contributed by atoms with van der Waals surface area (Å²) >= 11 is 9.59. The summed E-state index contributed by atoms with van der Waals surface area (Å²) in [6.45, 7) is 4.07. The topological polar surface area (TPSA) is 16.1 Å². The molecule has 0 bridgehead atoms. The number of aryl methyl sites for hydroxylation is 1. The normalized spacial score (nSPS) is 21.8. The van der Waals surface area contributed by atoms with E-state index in [2.05, 4.69) is 38.8 Å². The van der Waals surface area contributed by atoms with E-state index in [-0.39, 0.29) is 5.38 Å². The second kappa shape index (κ2) is 4.71. The minimum absolute atomic E-state index is 0.267. The maximum absolute atomic E-state index is 6.17. The first-order chi connectivity index (χ1) is 7.16. The van der Waals surface area contributed by atoms with Gasteiger partial charge in [-0.1, -0.05) is 0 Å². The summed E-state index contributed by atoms with van der Waals surface area (Å²) in [7, 11) is 0. The number of hydrogen-bond acceptors (Lipinski definition) is 2. The average molecular weight is 290 g/mol. The third kappa shape index (κ3) is 2.64. The lowest BCUT2D eigenvalue weighted by Gasteiger charge is -2.31. The Bertz CT molecular complexity index is 356. The van der Waals surface area contributed by atoms with Gasteiger partial charge in [0.2, 0.25) is 0 Å². The van der Waals surface area contributed by atoms with E-state index in [1.165, 1.54) is 5.56 Å². The molecular weight excluding hydrogens is 275 g/mol. The van der Waals surface area contributed by atoms with Gasteiger partial charge in [0, 0.05) is 23.8 Å². The van der Waals surface area contributed by atoms with Crippen molar-refractivity contribution in [3.8, 4) is 0 Å². The number of piperidine rings is 1. The van der Waals surface area contributed by atoms with Crippen molar-refractivity contribution in [3.05, 3.63) is 22.3 Å². The van der Waals surface area contributed by atoms with Gasteiger partial charge in [0.15, 0.2) is 0 Å². The van der Waals surface area contributed by atoms with Crippen LogP contribution in [0.1, 0.15) is 18.4 Å². The largest absolute Gasteiger partial charge is 0.355 e. The van der Waals surface area contributed by atoms with Gasteiger partial charge in [-0.15, -0.1) is 11.6 Å². The van der Waals surface area contributed by atoms with Gasteiger partial charge in [-0.3, -0.25) is 0 Å². The number of pyridine rings is 1. The quantitative estimate of drug-likeness (QED) is 0.737. The first-order valence-corrected chi connectivity index (χ1v) is 6.41. The van der Waals surface area contributed by atoms with Crippen LogP contribution in [0.5, 0.6) is 0 Å². The zero-order valence-corrected chi connectivity index (χ0v) is 11.1. The van der Waals surface area contributed by atoms with Gasteiger partial charge >= 0.3 is 0 Å². The predicted octanol–water partition coefficient (Wildman–Crippen LogP) is 3.36. The van der Waals surface area contributed by atoms with Crippen molar-refractivity contribution >= 4 is 33.3 Å². The fourth-order valence-electron chi connectivity index (χ4n) is 1.98. The fraction of sp³-hybridized carbons (Fsp3) is 0.545. The van der Waals surface area contributed by atoms with Crippen LogP contribution >= 0.6 is 27.5 Å². The highest BCUT2D eigenvalue weighted by molar-refractivity contribution is 9.10. The Morgan fingerprint density at radius 2 is 2.40 bits per heavy atom. The van der Waals surface area contributed by atoms with Crippen molar-refractivity contribution in [2.24, 2.45) is 0 Å². The Morgan fingerprint density at radius 1 is 1.60 bits per heavy atom. The van der Waals surface area contributed by atoms with Gasteiger partial charge in [-0.05, 0) is 47.3 Å². The molecule has 0 spiro atoms. The van der Waals surface area contributed by atoms with E-state index >= 15 is 0 Å². The number of alkyl halides is 1. The highest BCUT2D eigenvalue weighted by atomic mass is 79.9. The molecule has 1 aromatic rings. The SMILES string of the molecule is Cc1cc(Br)cnc1N1CCCC(Cl)C1. The zero-order valence-electron chi connectivity index (χ0n) is 8.71. The van der Waals surface area contributed by atoms with Gasteiger partial charge in [0.25, 0.3) is 0 Å². The third-order valence-electron chi connectivity index (χ3n) is 2.68. The van der Waals surface area contributed by atoms with Crippen LogP contribution in [0.3, 0.4) is 0 Å². The summed E-state index contributed by atoms with van der Waals surface area (Å²) in [5.74, 6) is 1.07. The maximum Gasteiger partial charge on any atom is 0.131 e. The summed E-state index contributed by atoms with van der Waals surface area (Å²) in [6.07, 6.45) is 4.12. The molecule has 2 rings (SSSR count). The number of halogens is 2. The molecule has 1 unspecified atom stereocenters. The standard InChI is InChI=1S/C11H14BrClN2/c1-8-5-9(12)6-14-11(8)15-4-2-3-10(13)7-15/h5-6,10H,2-4,7H2,1H3. The van der Waals surface area contributed by atoms with E-state index in [4.69, 9.17) is 11.6 Å². The van der Waals surface area contributed by atoms with E-state index in [1.54, 1.807) is 0 Å². The molecule has 1 aliphatic heterocycles. The highest BCUT2D eigenvalue weighted by Gasteiger charge is 2.20. The molecule has 0 aromatic carbocycles. The summed E-state index contributed by atoms with van der Waals surface area (Å²) in [4.78, 5) is 6.74. The van der Waals surface area contributed by atoms with Gasteiger partial charge in [-0.25, -0.2) is 4.98 Å². The molecule has 0 amide bonds. The first kappa shape index (κ1) is 11.2. The average Bonchev–Trinajstić information content (AvgIpc) is 2.17. The minimum atomic E-state index is 0.267. The van der Waals surface area contributed by atoms with Crippen molar-refractivity contribution in [2.45, 2.75) is 25.1 Å². The van der Waals surface area contributed by atoms with Crippen molar-refractivity contribution in [3.63, 3.8) is 0 Å². The van der Waals surface area contributed by atoms with Crippen molar-refractivity contribution in [2.75, 3.05) is 18.0 Å². The number of hydrogen-bond donors (Lipinski definition) is 0. The van der Waals surface area contributed by atoms with Crippen molar-refractivity contribution in [1.82, 2.24) is 4.98 Å². The van der Waals surface area contributed by atoms with E-state index in [0.717, 1.165) is 36.2 Å². The molecule has 1 aliphatic rings. The molecule has 2 heterocycles. The van der Waals surface area contributed by atoms with Crippen LogP contribution in [0.25, 0.3) is 0 Å². The van der Waals surface area contributed by atoms with Crippen LogP contribution in [0.4, 0.5) is 5.82 Å². The summed E-state index contributed by atoms with van der Waals surface area (Å²) in [6, 6.07) is 2.10. The van der Waals surface area contributed by atoms with E-state index in [0.29, 0.717) is 0 Å². The monoisotopic (exact) mass is 288 g/mol. The third-order valence-corrected chi connectivity index (χ3v) is 3.47. The van der Waals surface area contributed by atoms with Crippen LogP contribution in [-0.4, -0.2) is 23.5 Å². The molecule has 0 saturated carbocycles. The van der Waals surface area contributed by atoms with Crippen LogP contribution in [0.15, 0.2) is 16.7 Å². The Kier molecular flexibility index (Phi) is 3.52. The Labute approximate surface area is 104 Å². The van der Waals surface area contributed by atoms with E-state index in [9.17, 15) is 0 Å². The van der Waals surface area contributed by atoms with Crippen molar-refractivity contribution in [1.29, 1.82) is 0 Å². The second-order valence-corrected chi connectivity index (χ2v) is 5.51. The van der Waals surface area contributed by atoms with Gasteiger partial charge < -0.3 is 4.90 Å². The smallest absolute Gasteiger partial charge is 0.131 e. The van der Waals surface area contributed by atoms with Crippen LogP contribution in [0.2, 0.25) is 0 Å². The van der Waals surface area contributed by atoms with Crippen LogP contribution in [0, 0.1) is 6.92 Å². The maximum atomic E-state index is 6.17. The minimum Gasteiger partial charge on any atom is -0.355 e. The number of nitrogens with zero attached hydrogens (tertiary/aromatic N) is 2. The van der Waals surface area contributed by atoms with E-state index < -0.39 is 0 Å². The Morgan fingerprint density at radius 3 is 3.07 bits per heavy atom. The molecule has 1 atom stereocenters. The number of rotatable bonds is 1. The zero-order chi connectivity index (χ0) is 10.8. The molecule has 1 fully saturated rings. The van der Waals surface area contributed by atoms with Gasteiger partial charge in [0.05, 0.1) is 5.38 Å². The Hall–Kier alpha value is -0.280. The van der Waals surface area contributed by atoms with Gasteiger partial charge in [-0.2, -0.15) is 0 Å². The van der Waals surface area contributed by atoms with Crippen LogP contribution < -0.4 is 4.90 Å². The molecule has 2 nitrogen and oxygen atoms in total. The fourth-order valence-corrected chi connectivity index (χ4v) is 2.75. The summed E-state index contributed by atoms with van der Waals surface area (Å²) in [5.41, 5.74) is 1.20. The van der Waals surface area contributed by atoms with Crippen LogP contribution in [-0.2, 0) is 0 Å². The lowest BCUT2D eigenvalue weighted by molar-refractivity contribution is 0.579. The lowest BCUT2D eigenvalue weighted by atomic mass is 10.1. The van der Waals surface area contributed by atoms with Crippen molar-refractivity contribution < 1.29 is 0 Å². The second-order valence-electron chi connectivity index (χ2n) is 3.98. The molecule has 0 aliphatic carbocycles. The molecule has 82 valence electrons. The molecule has 0 radical (unpaired) electrons. The first-order valence-electron chi connectivity index (χ1n) is 5.18. The molecule has 0 N–H and O–H groups in total. The molecule has 15 heavy (non-hydrogen) atoms. The van der Waals surface area contributed by atoms with Gasteiger partial charge in [0.1, 0.15) is 5.82 Å². The molecular formula is C11H14BrClN2. The number of aromatic nitrogens is 1.